The molecule has 0 saturated heterocycles. The van der Waals surface area contributed by atoms with Gasteiger partial charge in [0, 0.05) is 18.0 Å². The molecule has 2 aromatic rings. The third-order valence-electron chi connectivity index (χ3n) is 6.85. The molecule has 0 radical (unpaired) electrons. The van der Waals surface area contributed by atoms with Gasteiger partial charge in [-0.05, 0) is 42.7 Å². The van der Waals surface area contributed by atoms with Gasteiger partial charge in [0.05, 0.1) is 0 Å². The zero-order valence-electron chi connectivity index (χ0n) is 21.2. The fourth-order valence-corrected chi connectivity index (χ4v) is 4.30. The molecule has 1 atom stereocenters. The maximum atomic E-state index is 4.63. The Balaban J connectivity index is 1.63. The molecule has 0 spiro atoms. The van der Waals surface area contributed by atoms with Crippen molar-refractivity contribution in [2.75, 3.05) is 0 Å². The van der Waals surface area contributed by atoms with Crippen molar-refractivity contribution in [1.29, 1.82) is 0 Å². The molecular weight excluding hydrogens is 388 g/mol. The normalized spacial score (nSPS) is 12.2. The minimum atomic E-state index is 0.848. The lowest BCUT2D eigenvalue weighted by molar-refractivity contribution is 0.474. The van der Waals surface area contributed by atoms with Crippen LogP contribution in [0, 0.1) is 5.92 Å². The van der Waals surface area contributed by atoms with Crippen LogP contribution in [-0.2, 0) is 12.8 Å². The van der Waals surface area contributed by atoms with E-state index in [1.807, 2.05) is 12.4 Å². The first kappa shape index (κ1) is 26.6. The molecule has 0 saturated carbocycles. The van der Waals surface area contributed by atoms with E-state index >= 15 is 0 Å². The van der Waals surface area contributed by atoms with Gasteiger partial charge in [0.25, 0.3) is 0 Å². The highest BCUT2D eigenvalue weighted by Gasteiger charge is 2.03. The van der Waals surface area contributed by atoms with E-state index in [0.29, 0.717) is 0 Å². The van der Waals surface area contributed by atoms with Crippen LogP contribution >= 0.6 is 0 Å². The highest BCUT2D eigenvalue weighted by molar-refractivity contribution is 5.55. The highest BCUT2D eigenvalue weighted by Crippen LogP contribution is 2.18. The fraction of sp³-hybridized carbons (Fsp3) is 0.667. The molecule has 1 aromatic heterocycles. The molecule has 0 amide bonds. The lowest BCUT2D eigenvalue weighted by atomic mass is 10.00. The van der Waals surface area contributed by atoms with E-state index in [1.165, 1.54) is 107 Å². The van der Waals surface area contributed by atoms with E-state index in [1.54, 1.807) is 0 Å². The lowest BCUT2D eigenvalue weighted by Gasteiger charge is -2.07. The van der Waals surface area contributed by atoms with Gasteiger partial charge in [0.1, 0.15) is 0 Å². The number of unbranched alkanes of at least 4 members (excludes halogenated alkanes) is 10. The summed E-state index contributed by atoms with van der Waals surface area (Å²) in [4.78, 5) is 9.27. The SMILES string of the molecule is CCCCCCCCCCc1ccc(-c2ncc(CCCCCCC(C)CC)cn2)cc1. The first-order chi connectivity index (χ1) is 15.7. The van der Waals surface area contributed by atoms with E-state index in [2.05, 4.69) is 55.0 Å². The van der Waals surface area contributed by atoms with Crippen LogP contribution in [-0.4, -0.2) is 9.97 Å². The molecular formula is C30H48N2. The minimum absolute atomic E-state index is 0.848. The largest absolute Gasteiger partial charge is 0.236 e. The van der Waals surface area contributed by atoms with Crippen LogP contribution < -0.4 is 0 Å². The Bertz CT molecular complexity index is 690. The van der Waals surface area contributed by atoms with Gasteiger partial charge in [0.15, 0.2) is 5.82 Å². The molecule has 0 fully saturated rings. The van der Waals surface area contributed by atoms with E-state index in [9.17, 15) is 0 Å². The molecule has 0 aliphatic carbocycles. The average molecular weight is 437 g/mol. The second-order valence-electron chi connectivity index (χ2n) is 9.80. The number of hydrogen-bond donors (Lipinski definition) is 0. The monoisotopic (exact) mass is 436 g/mol. The molecule has 0 aliphatic rings. The second-order valence-corrected chi connectivity index (χ2v) is 9.80. The molecule has 0 bridgehead atoms. The molecule has 0 N–H and O–H groups in total. The van der Waals surface area contributed by atoms with Crippen molar-refractivity contribution in [2.45, 2.75) is 124 Å². The molecule has 1 aromatic carbocycles. The summed E-state index contributed by atoms with van der Waals surface area (Å²) in [6.45, 7) is 6.94. The van der Waals surface area contributed by atoms with Gasteiger partial charge in [0.2, 0.25) is 0 Å². The van der Waals surface area contributed by atoms with Crippen molar-refractivity contribution in [2.24, 2.45) is 5.92 Å². The lowest BCUT2D eigenvalue weighted by Crippen LogP contribution is -1.94. The van der Waals surface area contributed by atoms with Gasteiger partial charge in [-0.15, -0.1) is 0 Å². The summed E-state index contributed by atoms with van der Waals surface area (Å²) in [6.07, 6.45) is 25.3. The van der Waals surface area contributed by atoms with Crippen molar-refractivity contribution in [3.8, 4) is 11.4 Å². The van der Waals surface area contributed by atoms with Crippen LogP contribution in [0.1, 0.15) is 122 Å². The Labute approximate surface area is 198 Å². The van der Waals surface area contributed by atoms with Crippen molar-refractivity contribution in [1.82, 2.24) is 9.97 Å². The van der Waals surface area contributed by atoms with Crippen LogP contribution in [0.3, 0.4) is 0 Å². The molecule has 1 unspecified atom stereocenters. The predicted octanol–water partition coefficient (Wildman–Crippen LogP) is 9.37. The summed E-state index contributed by atoms with van der Waals surface area (Å²) < 4.78 is 0. The van der Waals surface area contributed by atoms with Crippen LogP contribution in [0.2, 0.25) is 0 Å². The van der Waals surface area contributed by atoms with Gasteiger partial charge < -0.3 is 0 Å². The van der Waals surface area contributed by atoms with Crippen molar-refractivity contribution in [3.05, 3.63) is 47.8 Å². The molecule has 1 heterocycles. The summed E-state index contributed by atoms with van der Waals surface area (Å²) in [5.74, 6) is 1.73. The van der Waals surface area contributed by atoms with Crippen molar-refractivity contribution in [3.63, 3.8) is 0 Å². The molecule has 2 heteroatoms. The smallest absolute Gasteiger partial charge is 0.159 e. The van der Waals surface area contributed by atoms with Crippen LogP contribution in [0.5, 0.6) is 0 Å². The second kappa shape index (κ2) is 16.9. The fourth-order valence-electron chi connectivity index (χ4n) is 4.30. The average Bonchev–Trinajstić information content (AvgIpc) is 2.83. The van der Waals surface area contributed by atoms with E-state index in [0.717, 1.165) is 23.7 Å². The standard InChI is InChI=1S/C30H48N2/c1-4-6-7-8-9-10-11-15-18-27-20-22-29(23-21-27)30-31-24-28(25-32-30)19-16-13-12-14-17-26(3)5-2/h20-26H,4-19H2,1-3H3. The Morgan fingerprint density at radius 2 is 1.16 bits per heavy atom. The van der Waals surface area contributed by atoms with Crippen molar-refractivity contribution >= 4 is 0 Å². The summed E-state index contributed by atoms with van der Waals surface area (Å²) >= 11 is 0. The molecule has 2 nitrogen and oxygen atoms in total. The van der Waals surface area contributed by atoms with E-state index in [-0.39, 0.29) is 0 Å². The molecule has 2 rings (SSSR count). The number of benzene rings is 1. The number of aromatic nitrogens is 2. The number of nitrogens with zero attached hydrogens (tertiary/aromatic N) is 2. The molecule has 178 valence electrons. The zero-order chi connectivity index (χ0) is 22.9. The maximum Gasteiger partial charge on any atom is 0.159 e. The van der Waals surface area contributed by atoms with Gasteiger partial charge in [-0.3, -0.25) is 0 Å². The van der Waals surface area contributed by atoms with Gasteiger partial charge in [-0.1, -0.05) is 122 Å². The zero-order valence-corrected chi connectivity index (χ0v) is 21.2. The third-order valence-corrected chi connectivity index (χ3v) is 6.85. The van der Waals surface area contributed by atoms with Crippen LogP contribution in [0.15, 0.2) is 36.7 Å². The highest BCUT2D eigenvalue weighted by atomic mass is 14.9. The summed E-state index contributed by atoms with van der Waals surface area (Å²) in [5, 5.41) is 0. The van der Waals surface area contributed by atoms with Crippen LogP contribution in [0.25, 0.3) is 11.4 Å². The summed E-state index contributed by atoms with van der Waals surface area (Å²) in [5.41, 5.74) is 3.83. The Morgan fingerprint density at radius 3 is 1.75 bits per heavy atom. The first-order valence-corrected chi connectivity index (χ1v) is 13.6. The summed E-state index contributed by atoms with van der Waals surface area (Å²) in [7, 11) is 0. The van der Waals surface area contributed by atoms with E-state index in [4.69, 9.17) is 0 Å². The topological polar surface area (TPSA) is 25.8 Å². The van der Waals surface area contributed by atoms with Crippen molar-refractivity contribution < 1.29 is 0 Å². The number of hydrogen-bond acceptors (Lipinski definition) is 2. The maximum absolute atomic E-state index is 4.63. The minimum Gasteiger partial charge on any atom is -0.236 e. The van der Waals surface area contributed by atoms with E-state index < -0.39 is 0 Å². The number of aryl methyl sites for hydroxylation is 2. The van der Waals surface area contributed by atoms with Gasteiger partial charge in [-0.2, -0.15) is 0 Å². The Morgan fingerprint density at radius 1 is 0.625 bits per heavy atom. The van der Waals surface area contributed by atoms with Crippen LogP contribution in [0.4, 0.5) is 0 Å². The predicted molar refractivity (Wildman–Crippen MR) is 140 cm³/mol. The Kier molecular flexibility index (Phi) is 14.0. The van der Waals surface area contributed by atoms with Gasteiger partial charge in [-0.25, -0.2) is 9.97 Å². The van der Waals surface area contributed by atoms with Gasteiger partial charge >= 0.3 is 0 Å². The third kappa shape index (κ3) is 11.2. The molecule has 0 aliphatic heterocycles. The quantitative estimate of drug-likeness (QED) is 0.217. The first-order valence-electron chi connectivity index (χ1n) is 13.6. The summed E-state index contributed by atoms with van der Waals surface area (Å²) in [6, 6.07) is 8.89. The number of rotatable bonds is 18. The molecule has 32 heavy (non-hydrogen) atoms. The Hall–Kier alpha value is -1.70.